The molecule has 6 nitrogen and oxygen atoms in total. The van der Waals surface area contributed by atoms with Gasteiger partial charge >= 0.3 is 11.9 Å². The lowest BCUT2D eigenvalue weighted by Crippen LogP contribution is -2.43. The van der Waals surface area contributed by atoms with Crippen LogP contribution < -0.4 is 5.73 Å². The average molecular weight is 205 g/mol. The summed E-state index contributed by atoms with van der Waals surface area (Å²) in [6, 6.07) is -0.944. The molecular weight excluding hydrogens is 190 g/mol. The number of rotatable bonds is 5. The molecule has 4 N–H and O–H groups in total. The topological polar surface area (TPSA) is 110 Å². The van der Waals surface area contributed by atoms with Gasteiger partial charge in [-0.15, -0.1) is 0 Å². The van der Waals surface area contributed by atoms with Gasteiger partial charge in [-0.25, -0.2) is 0 Å². The molecule has 0 heterocycles. The van der Waals surface area contributed by atoms with Gasteiger partial charge in [0.05, 0.1) is 25.6 Å². The van der Waals surface area contributed by atoms with Crippen LogP contribution in [0.1, 0.15) is 13.3 Å². The monoisotopic (exact) mass is 205 g/mol. The van der Waals surface area contributed by atoms with Crippen LogP contribution in [0, 0.1) is 5.92 Å². The van der Waals surface area contributed by atoms with Crippen LogP contribution >= 0.6 is 0 Å². The Bertz CT molecular complexity index is 216. The molecule has 3 atom stereocenters. The van der Waals surface area contributed by atoms with E-state index in [1.54, 1.807) is 0 Å². The molecule has 0 aromatic heterocycles. The Morgan fingerprint density at radius 2 is 2.00 bits per heavy atom. The molecule has 0 rings (SSSR count). The maximum Gasteiger partial charge on any atom is 0.310 e. The van der Waals surface area contributed by atoms with Gasteiger partial charge in [-0.3, -0.25) is 9.59 Å². The van der Waals surface area contributed by atoms with E-state index in [1.165, 1.54) is 14.0 Å². The fourth-order valence-electron chi connectivity index (χ4n) is 1.15. The standard InChI is InChI=1S/C8H15NO5/c1-4(10)7(8(12)13)5(9)3-6(11)14-2/h4-5,7,10H,3,9H2,1-2H3,(H,12,13)/t4?,5-,7-/m1/s1. The number of hydrogen-bond acceptors (Lipinski definition) is 5. The van der Waals surface area contributed by atoms with Crippen molar-refractivity contribution in [2.24, 2.45) is 11.7 Å². The van der Waals surface area contributed by atoms with E-state index in [0.717, 1.165) is 0 Å². The van der Waals surface area contributed by atoms with Crippen molar-refractivity contribution >= 4 is 11.9 Å². The summed E-state index contributed by atoms with van der Waals surface area (Å²) in [6.07, 6.45) is -1.33. The number of esters is 1. The number of hydrogen-bond donors (Lipinski definition) is 3. The van der Waals surface area contributed by atoms with Crippen LogP contribution in [0.5, 0.6) is 0 Å². The van der Waals surface area contributed by atoms with Crippen LogP contribution in [0.2, 0.25) is 0 Å². The third kappa shape index (κ3) is 3.71. The van der Waals surface area contributed by atoms with Crippen molar-refractivity contribution in [1.29, 1.82) is 0 Å². The fraction of sp³-hybridized carbons (Fsp3) is 0.750. The van der Waals surface area contributed by atoms with E-state index in [-0.39, 0.29) is 6.42 Å². The number of carboxylic acids is 1. The predicted molar refractivity (Wildman–Crippen MR) is 47.4 cm³/mol. The number of ether oxygens (including phenoxy) is 1. The van der Waals surface area contributed by atoms with Gasteiger partial charge in [0.2, 0.25) is 0 Å². The lowest BCUT2D eigenvalue weighted by molar-refractivity contribution is -0.148. The minimum Gasteiger partial charge on any atom is -0.481 e. The summed E-state index contributed by atoms with van der Waals surface area (Å²) in [6.45, 7) is 1.32. The Balaban J connectivity index is 4.37. The van der Waals surface area contributed by atoms with Crippen molar-refractivity contribution in [2.45, 2.75) is 25.5 Å². The first-order valence-electron chi connectivity index (χ1n) is 4.13. The molecular formula is C8H15NO5. The maximum absolute atomic E-state index is 10.8. The van der Waals surface area contributed by atoms with E-state index >= 15 is 0 Å². The minimum atomic E-state index is -1.23. The lowest BCUT2D eigenvalue weighted by Gasteiger charge is -2.21. The normalized spacial score (nSPS) is 16.9. The van der Waals surface area contributed by atoms with E-state index in [0.29, 0.717) is 0 Å². The molecule has 6 heteroatoms. The molecule has 0 aliphatic rings. The van der Waals surface area contributed by atoms with Crippen molar-refractivity contribution in [3.63, 3.8) is 0 Å². The number of carboxylic acid groups (broad SMARTS) is 1. The summed E-state index contributed by atoms with van der Waals surface area (Å²) in [5, 5.41) is 17.8. The molecule has 0 aromatic carbocycles. The Morgan fingerprint density at radius 1 is 1.50 bits per heavy atom. The van der Waals surface area contributed by atoms with Crippen molar-refractivity contribution in [3.05, 3.63) is 0 Å². The third-order valence-electron chi connectivity index (χ3n) is 1.90. The SMILES string of the molecule is COC(=O)C[C@@H](N)[C@H](C(=O)O)C(C)O. The number of carbonyl (C=O) groups is 2. The minimum absolute atomic E-state index is 0.224. The number of methoxy groups -OCH3 is 1. The molecule has 0 fully saturated rings. The van der Waals surface area contributed by atoms with Crippen LogP contribution in [-0.2, 0) is 14.3 Å². The van der Waals surface area contributed by atoms with Crippen LogP contribution in [0.25, 0.3) is 0 Å². The van der Waals surface area contributed by atoms with E-state index in [9.17, 15) is 9.59 Å². The number of nitrogens with two attached hydrogens (primary N) is 1. The van der Waals surface area contributed by atoms with Crippen molar-refractivity contribution < 1.29 is 24.5 Å². The zero-order chi connectivity index (χ0) is 11.3. The second-order valence-corrected chi connectivity index (χ2v) is 3.05. The van der Waals surface area contributed by atoms with E-state index in [4.69, 9.17) is 15.9 Å². The summed E-state index contributed by atoms with van der Waals surface area (Å²) in [5.41, 5.74) is 5.45. The van der Waals surface area contributed by atoms with E-state index < -0.39 is 30.0 Å². The van der Waals surface area contributed by atoms with Gasteiger partial charge < -0.3 is 20.7 Å². The zero-order valence-electron chi connectivity index (χ0n) is 8.14. The summed E-state index contributed by atoms with van der Waals surface area (Å²) >= 11 is 0. The van der Waals surface area contributed by atoms with Crippen LogP contribution in [0.15, 0.2) is 0 Å². The summed E-state index contributed by atoms with van der Waals surface area (Å²) in [5.74, 6) is -2.98. The molecule has 0 bridgehead atoms. The molecule has 82 valence electrons. The average Bonchev–Trinajstić information content (AvgIpc) is 2.02. The van der Waals surface area contributed by atoms with E-state index in [1.807, 2.05) is 0 Å². The van der Waals surface area contributed by atoms with Crippen molar-refractivity contribution in [1.82, 2.24) is 0 Å². The summed E-state index contributed by atoms with van der Waals surface area (Å²) in [4.78, 5) is 21.5. The molecule has 0 aromatic rings. The highest BCUT2D eigenvalue weighted by atomic mass is 16.5. The third-order valence-corrected chi connectivity index (χ3v) is 1.90. The van der Waals surface area contributed by atoms with Gasteiger partial charge in [0, 0.05) is 6.04 Å². The Kier molecular flexibility index (Phi) is 5.11. The van der Waals surface area contributed by atoms with E-state index in [2.05, 4.69) is 4.74 Å². The first kappa shape index (κ1) is 12.9. The quantitative estimate of drug-likeness (QED) is 0.494. The van der Waals surface area contributed by atoms with Crippen LogP contribution in [0.3, 0.4) is 0 Å². The Hall–Kier alpha value is -1.14. The molecule has 0 amide bonds. The van der Waals surface area contributed by atoms with Gasteiger partial charge in [0.1, 0.15) is 0 Å². The summed E-state index contributed by atoms with van der Waals surface area (Å²) < 4.78 is 4.34. The Morgan fingerprint density at radius 3 is 2.29 bits per heavy atom. The smallest absolute Gasteiger partial charge is 0.310 e. The largest absolute Gasteiger partial charge is 0.481 e. The van der Waals surface area contributed by atoms with Gasteiger partial charge in [0.25, 0.3) is 0 Å². The lowest BCUT2D eigenvalue weighted by atomic mass is 9.93. The number of aliphatic carboxylic acids is 1. The highest BCUT2D eigenvalue weighted by molar-refractivity contribution is 5.75. The van der Waals surface area contributed by atoms with Gasteiger partial charge in [0.15, 0.2) is 0 Å². The molecule has 0 saturated carbocycles. The molecule has 0 spiro atoms. The summed E-state index contributed by atoms with van der Waals surface area (Å²) in [7, 11) is 1.19. The number of aliphatic hydroxyl groups excluding tert-OH is 1. The molecule has 0 radical (unpaired) electrons. The molecule has 0 aliphatic heterocycles. The fourth-order valence-corrected chi connectivity index (χ4v) is 1.15. The molecule has 0 aliphatic carbocycles. The highest BCUT2D eigenvalue weighted by Crippen LogP contribution is 2.11. The molecule has 14 heavy (non-hydrogen) atoms. The van der Waals surface area contributed by atoms with Crippen LogP contribution in [-0.4, -0.2) is 41.4 Å². The zero-order valence-corrected chi connectivity index (χ0v) is 8.14. The van der Waals surface area contributed by atoms with Crippen molar-refractivity contribution in [2.75, 3.05) is 7.11 Å². The maximum atomic E-state index is 10.8. The van der Waals surface area contributed by atoms with Gasteiger partial charge in [-0.2, -0.15) is 0 Å². The second-order valence-electron chi connectivity index (χ2n) is 3.05. The Labute approximate surface area is 81.7 Å². The first-order chi connectivity index (χ1) is 6.40. The van der Waals surface area contributed by atoms with Crippen LogP contribution in [0.4, 0.5) is 0 Å². The van der Waals surface area contributed by atoms with Crippen molar-refractivity contribution in [3.8, 4) is 0 Å². The predicted octanol–water partition coefficient (Wildman–Crippen LogP) is -1.04. The van der Waals surface area contributed by atoms with Gasteiger partial charge in [-0.1, -0.05) is 0 Å². The first-order valence-corrected chi connectivity index (χ1v) is 4.13. The molecule has 1 unspecified atom stereocenters. The number of carbonyl (C=O) groups excluding carboxylic acids is 1. The van der Waals surface area contributed by atoms with Gasteiger partial charge in [-0.05, 0) is 6.92 Å². The highest BCUT2D eigenvalue weighted by Gasteiger charge is 2.31. The second kappa shape index (κ2) is 5.56. The number of aliphatic hydroxyl groups is 1. The molecule has 0 saturated heterocycles.